The Morgan fingerprint density at radius 3 is 2.75 bits per heavy atom. The van der Waals surface area contributed by atoms with Gasteiger partial charge in [-0.2, -0.15) is 0 Å². The molecule has 0 unspecified atom stereocenters. The number of hydrogen-bond acceptors (Lipinski definition) is 5. The van der Waals surface area contributed by atoms with E-state index in [-0.39, 0.29) is 5.91 Å². The minimum absolute atomic E-state index is 0.298. The quantitative estimate of drug-likeness (QED) is 0.708. The summed E-state index contributed by atoms with van der Waals surface area (Å²) in [5.41, 5.74) is 1.84. The fourth-order valence-electron chi connectivity index (χ4n) is 1.96. The number of methoxy groups -OCH3 is 1. The number of thiazole rings is 1. The van der Waals surface area contributed by atoms with Crippen LogP contribution in [0.25, 0.3) is 11.3 Å². The molecule has 0 radical (unpaired) electrons. The van der Waals surface area contributed by atoms with Crippen molar-refractivity contribution in [1.82, 2.24) is 9.97 Å². The van der Waals surface area contributed by atoms with Gasteiger partial charge in [-0.25, -0.2) is 9.97 Å². The van der Waals surface area contributed by atoms with Crippen molar-refractivity contribution in [3.8, 4) is 17.1 Å². The average Bonchev–Trinajstić information content (AvgIpc) is 3.03. The molecule has 0 fully saturated rings. The van der Waals surface area contributed by atoms with Crippen molar-refractivity contribution in [2.45, 2.75) is 0 Å². The molecule has 0 saturated heterocycles. The number of amides is 1. The SMILES string of the molecule is COc1ccc(C(=O)Nc2nc(-c3ccc(Cl)cc3Cl)cs2)cn1. The number of ether oxygens (including phenoxy) is 1. The van der Waals surface area contributed by atoms with E-state index in [0.717, 1.165) is 5.56 Å². The number of carbonyl (C=O) groups is 1. The van der Waals surface area contributed by atoms with Gasteiger partial charge in [0.25, 0.3) is 5.91 Å². The molecule has 24 heavy (non-hydrogen) atoms. The lowest BCUT2D eigenvalue weighted by atomic mass is 10.2. The van der Waals surface area contributed by atoms with E-state index in [9.17, 15) is 4.79 Å². The maximum Gasteiger partial charge on any atom is 0.259 e. The van der Waals surface area contributed by atoms with Crippen LogP contribution in [-0.4, -0.2) is 23.0 Å². The van der Waals surface area contributed by atoms with Gasteiger partial charge in [0.1, 0.15) is 0 Å². The third-order valence-corrected chi connectivity index (χ3v) is 4.44. The number of halogens is 2. The number of rotatable bonds is 4. The lowest BCUT2D eigenvalue weighted by Gasteiger charge is -2.03. The Bertz CT molecular complexity index is 881. The lowest BCUT2D eigenvalue weighted by Crippen LogP contribution is -2.12. The highest BCUT2D eigenvalue weighted by Crippen LogP contribution is 2.32. The maximum atomic E-state index is 12.2. The normalized spacial score (nSPS) is 10.5. The molecule has 0 aliphatic heterocycles. The zero-order valence-corrected chi connectivity index (χ0v) is 14.7. The Morgan fingerprint density at radius 2 is 2.08 bits per heavy atom. The van der Waals surface area contributed by atoms with Gasteiger partial charge in [-0.3, -0.25) is 10.1 Å². The van der Waals surface area contributed by atoms with Crippen LogP contribution >= 0.6 is 34.5 Å². The van der Waals surface area contributed by atoms with E-state index in [2.05, 4.69) is 15.3 Å². The summed E-state index contributed by atoms with van der Waals surface area (Å²) in [6.07, 6.45) is 1.44. The first-order valence-electron chi connectivity index (χ1n) is 6.79. The molecular weight excluding hydrogens is 369 g/mol. The maximum absolute atomic E-state index is 12.2. The molecule has 5 nitrogen and oxygen atoms in total. The molecule has 1 aromatic carbocycles. The van der Waals surface area contributed by atoms with Crippen LogP contribution in [-0.2, 0) is 0 Å². The van der Waals surface area contributed by atoms with E-state index < -0.39 is 0 Å². The summed E-state index contributed by atoms with van der Waals surface area (Å²) < 4.78 is 4.96. The van der Waals surface area contributed by atoms with E-state index in [1.807, 2.05) is 5.38 Å². The zero-order valence-electron chi connectivity index (χ0n) is 12.4. The van der Waals surface area contributed by atoms with Crippen molar-refractivity contribution < 1.29 is 9.53 Å². The van der Waals surface area contributed by atoms with Crippen molar-refractivity contribution >= 4 is 45.6 Å². The Balaban J connectivity index is 1.76. The smallest absolute Gasteiger partial charge is 0.259 e. The second-order valence-corrected chi connectivity index (χ2v) is 6.41. The second-order valence-electron chi connectivity index (χ2n) is 4.71. The molecule has 8 heteroatoms. The third-order valence-electron chi connectivity index (χ3n) is 3.14. The highest BCUT2D eigenvalue weighted by atomic mass is 35.5. The van der Waals surface area contributed by atoms with Crippen molar-refractivity contribution in [1.29, 1.82) is 0 Å². The van der Waals surface area contributed by atoms with E-state index in [1.165, 1.54) is 24.6 Å². The molecule has 2 heterocycles. The van der Waals surface area contributed by atoms with Crippen LogP contribution in [0.4, 0.5) is 5.13 Å². The molecule has 0 saturated carbocycles. The van der Waals surface area contributed by atoms with E-state index in [1.54, 1.807) is 30.3 Å². The molecule has 3 rings (SSSR count). The van der Waals surface area contributed by atoms with Crippen LogP contribution in [0, 0.1) is 0 Å². The lowest BCUT2D eigenvalue weighted by molar-refractivity contribution is 0.102. The Morgan fingerprint density at radius 1 is 1.25 bits per heavy atom. The van der Waals surface area contributed by atoms with Gasteiger partial charge in [0.2, 0.25) is 5.88 Å². The van der Waals surface area contributed by atoms with Gasteiger partial charge < -0.3 is 4.74 Å². The molecule has 0 aliphatic rings. The van der Waals surface area contributed by atoms with Gasteiger partial charge in [0.05, 0.1) is 23.4 Å². The van der Waals surface area contributed by atoms with Gasteiger partial charge in [0.15, 0.2) is 5.13 Å². The van der Waals surface area contributed by atoms with Crippen LogP contribution < -0.4 is 10.1 Å². The average molecular weight is 380 g/mol. The number of anilines is 1. The largest absolute Gasteiger partial charge is 0.481 e. The Kier molecular flexibility index (Phi) is 4.99. The first-order valence-corrected chi connectivity index (χ1v) is 8.42. The highest BCUT2D eigenvalue weighted by molar-refractivity contribution is 7.14. The van der Waals surface area contributed by atoms with Crippen LogP contribution in [0.5, 0.6) is 5.88 Å². The van der Waals surface area contributed by atoms with E-state index in [4.69, 9.17) is 27.9 Å². The highest BCUT2D eigenvalue weighted by Gasteiger charge is 2.12. The zero-order chi connectivity index (χ0) is 17.1. The number of hydrogen-bond donors (Lipinski definition) is 1. The number of benzene rings is 1. The van der Waals surface area contributed by atoms with E-state index in [0.29, 0.717) is 32.3 Å². The minimum atomic E-state index is -0.298. The first-order chi connectivity index (χ1) is 11.6. The van der Waals surface area contributed by atoms with Crippen LogP contribution in [0.1, 0.15) is 10.4 Å². The van der Waals surface area contributed by atoms with Gasteiger partial charge in [-0.15, -0.1) is 11.3 Å². The minimum Gasteiger partial charge on any atom is -0.481 e. The van der Waals surface area contributed by atoms with Crippen molar-refractivity contribution in [3.63, 3.8) is 0 Å². The van der Waals surface area contributed by atoms with Gasteiger partial charge in [0, 0.05) is 28.2 Å². The second kappa shape index (κ2) is 7.17. The molecule has 1 amide bonds. The van der Waals surface area contributed by atoms with Crippen molar-refractivity contribution in [2.24, 2.45) is 0 Å². The Labute approximate surface area is 152 Å². The summed E-state index contributed by atoms with van der Waals surface area (Å²) >= 11 is 13.4. The predicted octanol–water partition coefficient (Wildman–Crippen LogP) is 4.77. The summed E-state index contributed by atoms with van der Waals surface area (Å²) in [6, 6.07) is 8.43. The fourth-order valence-corrected chi connectivity index (χ4v) is 3.17. The third kappa shape index (κ3) is 3.67. The first kappa shape index (κ1) is 16.7. The number of carbonyl (C=O) groups excluding carboxylic acids is 1. The van der Waals surface area contributed by atoms with Gasteiger partial charge in [-0.1, -0.05) is 23.2 Å². The van der Waals surface area contributed by atoms with Crippen LogP contribution in [0.3, 0.4) is 0 Å². The topological polar surface area (TPSA) is 64.1 Å². The van der Waals surface area contributed by atoms with Crippen molar-refractivity contribution in [2.75, 3.05) is 12.4 Å². The molecule has 0 spiro atoms. The monoisotopic (exact) mass is 379 g/mol. The number of pyridine rings is 1. The summed E-state index contributed by atoms with van der Waals surface area (Å²) in [7, 11) is 1.51. The molecule has 0 aliphatic carbocycles. The molecular formula is C16H11Cl2N3O2S. The predicted molar refractivity (Wildman–Crippen MR) is 96.3 cm³/mol. The summed E-state index contributed by atoms with van der Waals surface area (Å²) in [5.74, 6) is 0.147. The van der Waals surface area contributed by atoms with Crippen LogP contribution in [0.15, 0.2) is 41.9 Å². The molecule has 0 atom stereocenters. The molecule has 2 aromatic heterocycles. The fraction of sp³-hybridized carbons (Fsp3) is 0.0625. The number of nitrogens with one attached hydrogen (secondary N) is 1. The van der Waals surface area contributed by atoms with E-state index >= 15 is 0 Å². The number of nitrogens with zero attached hydrogens (tertiary/aromatic N) is 2. The summed E-state index contributed by atoms with van der Waals surface area (Å²) in [6.45, 7) is 0. The van der Waals surface area contributed by atoms with Crippen LogP contribution in [0.2, 0.25) is 10.0 Å². The Hall–Kier alpha value is -2.15. The molecule has 3 aromatic rings. The molecule has 0 bridgehead atoms. The summed E-state index contributed by atoms with van der Waals surface area (Å²) in [5, 5.41) is 6.08. The summed E-state index contributed by atoms with van der Waals surface area (Å²) in [4.78, 5) is 20.6. The van der Waals surface area contributed by atoms with Gasteiger partial charge >= 0.3 is 0 Å². The van der Waals surface area contributed by atoms with Crippen molar-refractivity contribution in [3.05, 3.63) is 57.5 Å². The molecule has 122 valence electrons. The standard InChI is InChI=1S/C16H11Cl2N3O2S/c1-23-14-5-2-9(7-19-14)15(22)21-16-20-13(8-24-16)11-4-3-10(17)6-12(11)18/h2-8H,1H3,(H,20,21,22). The molecule has 1 N–H and O–H groups in total. The van der Waals surface area contributed by atoms with Gasteiger partial charge in [-0.05, 0) is 24.3 Å². The number of aromatic nitrogens is 2.